The Hall–Kier alpha value is -1.70. The summed E-state index contributed by atoms with van der Waals surface area (Å²) in [7, 11) is 1.54. The Kier molecular flexibility index (Phi) is 4.89. The van der Waals surface area contributed by atoms with E-state index in [4.69, 9.17) is 26.3 Å². The first-order chi connectivity index (χ1) is 9.63. The second kappa shape index (κ2) is 6.65. The van der Waals surface area contributed by atoms with Crippen molar-refractivity contribution in [2.45, 2.75) is 6.61 Å². The molecule has 0 aliphatic rings. The van der Waals surface area contributed by atoms with E-state index in [2.05, 4.69) is 22.0 Å². The lowest BCUT2D eigenvalue weighted by Crippen LogP contribution is -1.97. The average Bonchev–Trinajstić information content (AvgIpc) is 2.46. The summed E-state index contributed by atoms with van der Waals surface area (Å²) >= 11 is 9.26. The van der Waals surface area contributed by atoms with Crippen molar-refractivity contribution in [3.05, 3.63) is 57.0 Å². The second-order valence-corrected chi connectivity index (χ2v) is 5.30. The molecule has 0 amide bonds. The topological polar surface area (TPSA) is 42.2 Å². The molecule has 0 atom stereocenters. The van der Waals surface area contributed by atoms with Crippen LogP contribution in [0.2, 0.25) is 5.02 Å². The fraction of sp³-hybridized carbons (Fsp3) is 0.133. The number of methoxy groups -OCH3 is 1. The highest BCUT2D eigenvalue weighted by Crippen LogP contribution is 2.29. The van der Waals surface area contributed by atoms with Crippen molar-refractivity contribution in [3.8, 4) is 17.6 Å². The first-order valence-electron chi connectivity index (χ1n) is 5.79. The molecule has 0 aliphatic carbocycles. The lowest BCUT2D eigenvalue weighted by molar-refractivity contribution is 0.304. The van der Waals surface area contributed by atoms with Crippen molar-refractivity contribution < 1.29 is 9.47 Å². The molecule has 2 aromatic rings. The number of ether oxygens (including phenoxy) is 2. The van der Waals surface area contributed by atoms with Gasteiger partial charge in [0.05, 0.1) is 17.1 Å². The highest BCUT2D eigenvalue weighted by molar-refractivity contribution is 9.10. The van der Waals surface area contributed by atoms with Gasteiger partial charge < -0.3 is 9.47 Å². The monoisotopic (exact) mass is 351 g/mol. The minimum Gasteiger partial charge on any atom is -0.495 e. The molecule has 0 radical (unpaired) electrons. The summed E-state index contributed by atoms with van der Waals surface area (Å²) in [6, 6.07) is 12.8. The molecular weight excluding hydrogens is 342 g/mol. The number of halogens is 2. The van der Waals surface area contributed by atoms with Crippen LogP contribution in [0.15, 0.2) is 40.9 Å². The fourth-order valence-electron chi connectivity index (χ4n) is 1.69. The van der Waals surface area contributed by atoms with Crippen LogP contribution in [0.25, 0.3) is 0 Å². The number of nitriles is 1. The van der Waals surface area contributed by atoms with Gasteiger partial charge in [-0.1, -0.05) is 17.7 Å². The summed E-state index contributed by atoms with van der Waals surface area (Å²) in [5, 5.41) is 9.68. The zero-order chi connectivity index (χ0) is 14.5. The predicted octanol–water partition coefficient (Wildman–Crippen LogP) is 4.56. The number of benzene rings is 2. The lowest BCUT2D eigenvalue weighted by atomic mass is 10.1. The van der Waals surface area contributed by atoms with Gasteiger partial charge in [-0.05, 0) is 51.8 Å². The third-order valence-electron chi connectivity index (χ3n) is 2.67. The van der Waals surface area contributed by atoms with Gasteiger partial charge in [0.25, 0.3) is 0 Å². The molecular formula is C15H11BrClNO2. The molecule has 2 rings (SSSR count). The molecule has 20 heavy (non-hydrogen) atoms. The molecule has 0 fully saturated rings. The van der Waals surface area contributed by atoms with Crippen molar-refractivity contribution >= 4 is 27.5 Å². The van der Waals surface area contributed by atoms with E-state index < -0.39 is 0 Å². The third-order valence-corrected chi connectivity index (χ3v) is 3.53. The summed E-state index contributed by atoms with van der Waals surface area (Å²) in [6.45, 7) is 0.360. The number of hydrogen-bond acceptors (Lipinski definition) is 3. The van der Waals surface area contributed by atoms with Crippen LogP contribution >= 0.6 is 27.5 Å². The summed E-state index contributed by atoms with van der Waals surface area (Å²) in [5.74, 6) is 1.26. The van der Waals surface area contributed by atoms with Crippen molar-refractivity contribution in [2.75, 3.05) is 7.11 Å². The lowest BCUT2D eigenvalue weighted by Gasteiger charge is -2.10. The Labute approximate surface area is 130 Å². The van der Waals surface area contributed by atoms with Gasteiger partial charge in [-0.25, -0.2) is 0 Å². The molecule has 0 N–H and O–H groups in total. The molecule has 0 aliphatic heterocycles. The van der Waals surface area contributed by atoms with Gasteiger partial charge in [-0.2, -0.15) is 5.26 Å². The standard InChI is InChI=1S/C15H11BrClNO2/c1-19-14-4-2-10(6-11(14)8-18)9-20-15-5-3-12(17)7-13(15)16/h2-7H,9H2,1H3. The molecule has 0 spiro atoms. The van der Waals surface area contributed by atoms with E-state index in [1.54, 1.807) is 30.3 Å². The molecule has 5 heteroatoms. The van der Waals surface area contributed by atoms with Crippen LogP contribution in [-0.2, 0) is 6.61 Å². The summed E-state index contributed by atoms with van der Waals surface area (Å²) in [6.07, 6.45) is 0. The van der Waals surface area contributed by atoms with Crippen molar-refractivity contribution in [2.24, 2.45) is 0 Å². The van der Waals surface area contributed by atoms with Crippen molar-refractivity contribution in [1.29, 1.82) is 5.26 Å². The molecule has 102 valence electrons. The number of rotatable bonds is 4. The van der Waals surface area contributed by atoms with Gasteiger partial charge in [-0.3, -0.25) is 0 Å². The highest BCUT2D eigenvalue weighted by atomic mass is 79.9. The fourth-order valence-corrected chi connectivity index (χ4v) is 2.48. The predicted molar refractivity (Wildman–Crippen MR) is 81.2 cm³/mol. The van der Waals surface area contributed by atoms with Crippen molar-refractivity contribution in [1.82, 2.24) is 0 Å². The van der Waals surface area contributed by atoms with Gasteiger partial charge >= 0.3 is 0 Å². The number of hydrogen-bond donors (Lipinski definition) is 0. The van der Waals surface area contributed by atoms with E-state index in [-0.39, 0.29) is 0 Å². The molecule has 0 bridgehead atoms. The molecule has 2 aromatic carbocycles. The number of nitrogens with zero attached hydrogens (tertiary/aromatic N) is 1. The van der Waals surface area contributed by atoms with Crippen LogP contribution in [-0.4, -0.2) is 7.11 Å². The van der Waals surface area contributed by atoms with Gasteiger partial charge in [0.1, 0.15) is 24.2 Å². The Bertz CT molecular complexity index is 667. The quantitative estimate of drug-likeness (QED) is 0.810. The van der Waals surface area contributed by atoms with Crippen LogP contribution in [0, 0.1) is 11.3 Å². The Morgan fingerprint density at radius 3 is 2.60 bits per heavy atom. The smallest absolute Gasteiger partial charge is 0.136 e. The zero-order valence-electron chi connectivity index (χ0n) is 10.7. The normalized spacial score (nSPS) is 9.90. The Morgan fingerprint density at radius 2 is 1.95 bits per heavy atom. The van der Waals surface area contributed by atoms with Gasteiger partial charge in [-0.15, -0.1) is 0 Å². The highest BCUT2D eigenvalue weighted by Gasteiger charge is 2.06. The molecule has 3 nitrogen and oxygen atoms in total. The van der Waals surface area contributed by atoms with E-state index in [0.29, 0.717) is 28.7 Å². The van der Waals surface area contributed by atoms with Crippen LogP contribution in [0.5, 0.6) is 11.5 Å². The minimum atomic E-state index is 0.360. The van der Waals surface area contributed by atoms with E-state index in [0.717, 1.165) is 10.0 Å². The van der Waals surface area contributed by atoms with Crippen molar-refractivity contribution in [3.63, 3.8) is 0 Å². The molecule has 0 saturated heterocycles. The summed E-state index contributed by atoms with van der Waals surface area (Å²) in [4.78, 5) is 0. The summed E-state index contributed by atoms with van der Waals surface area (Å²) in [5.41, 5.74) is 1.38. The van der Waals surface area contributed by atoms with Gasteiger partial charge in [0.2, 0.25) is 0 Å². The maximum Gasteiger partial charge on any atom is 0.136 e. The van der Waals surface area contributed by atoms with E-state index in [1.165, 1.54) is 7.11 Å². The second-order valence-electron chi connectivity index (χ2n) is 4.01. The third kappa shape index (κ3) is 3.44. The van der Waals surface area contributed by atoms with E-state index in [9.17, 15) is 0 Å². The molecule has 0 saturated carbocycles. The molecule has 0 heterocycles. The minimum absolute atomic E-state index is 0.360. The van der Waals surface area contributed by atoms with E-state index in [1.807, 2.05) is 6.07 Å². The summed E-state index contributed by atoms with van der Waals surface area (Å²) < 4.78 is 11.6. The largest absolute Gasteiger partial charge is 0.495 e. The molecule has 0 unspecified atom stereocenters. The zero-order valence-corrected chi connectivity index (χ0v) is 13.0. The maximum absolute atomic E-state index is 9.04. The molecule has 0 aromatic heterocycles. The van der Waals surface area contributed by atoms with Gasteiger partial charge in [0.15, 0.2) is 0 Å². The van der Waals surface area contributed by atoms with E-state index >= 15 is 0 Å². The first-order valence-corrected chi connectivity index (χ1v) is 6.96. The Balaban J connectivity index is 2.13. The van der Waals surface area contributed by atoms with Gasteiger partial charge in [0, 0.05) is 5.02 Å². The van der Waals surface area contributed by atoms with Crippen LogP contribution in [0.1, 0.15) is 11.1 Å². The van der Waals surface area contributed by atoms with Crippen LogP contribution in [0.4, 0.5) is 0 Å². The Morgan fingerprint density at radius 1 is 1.20 bits per heavy atom. The first kappa shape index (κ1) is 14.7. The van der Waals surface area contributed by atoms with Crippen LogP contribution < -0.4 is 9.47 Å². The van der Waals surface area contributed by atoms with Crippen LogP contribution in [0.3, 0.4) is 0 Å². The maximum atomic E-state index is 9.04. The SMILES string of the molecule is COc1ccc(COc2ccc(Cl)cc2Br)cc1C#N. The average molecular weight is 353 g/mol.